The van der Waals surface area contributed by atoms with Gasteiger partial charge >= 0.3 is 6.61 Å². The Bertz CT molecular complexity index is 587. The lowest BCUT2D eigenvalue weighted by Gasteiger charge is -2.09. The lowest BCUT2D eigenvalue weighted by atomic mass is 10.2. The SMILES string of the molecule is Cc1c(OC(F)F)cc(S(N)(=O)=O)cc1[N+](=O)[O-]. The van der Waals surface area contributed by atoms with E-state index < -0.39 is 37.9 Å². The molecule has 18 heavy (non-hydrogen) atoms. The number of halogens is 2. The average molecular weight is 282 g/mol. The van der Waals surface area contributed by atoms with E-state index in [1.807, 2.05) is 0 Å². The largest absolute Gasteiger partial charge is 0.434 e. The topological polar surface area (TPSA) is 113 Å². The molecular weight excluding hydrogens is 274 g/mol. The molecule has 1 rings (SSSR count). The highest BCUT2D eigenvalue weighted by molar-refractivity contribution is 7.89. The summed E-state index contributed by atoms with van der Waals surface area (Å²) in [5.74, 6) is -0.608. The van der Waals surface area contributed by atoms with E-state index >= 15 is 0 Å². The number of nitrogens with zero attached hydrogens (tertiary/aromatic N) is 1. The van der Waals surface area contributed by atoms with Crippen molar-refractivity contribution in [3.05, 3.63) is 27.8 Å². The predicted molar refractivity (Wildman–Crippen MR) is 55.8 cm³/mol. The first kappa shape index (κ1) is 14.3. The van der Waals surface area contributed by atoms with E-state index in [2.05, 4.69) is 4.74 Å². The fourth-order valence-electron chi connectivity index (χ4n) is 1.22. The van der Waals surface area contributed by atoms with Crippen molar-refractivity contribution in [1.29, 1.82) is 0 Å². The summed E-state index contributed by atoms with van der Waals surface area (Å²) in [5.41, 5.74) is -0.884. The number of hydrogen-bond donors (Lipinski definition) is 1. The minimum atomic E-state index is -4.26. The minimum Gasteiger partial charge on any atom is -0.434 e. The zero-order valence-electron chi connectivity index (χ0n) is 8.96. The molecule has 0 bridgehead atoms. The van der Waals surface area contributed by atoms with Gasteiger partial charge in [-0.25, -0.2) is 13.6 Å². The van der Waals surface area contributed by atoms with Gasteiger partial charge in [-0.15, -0.1) is 0 Å². The van der Waals surface area contributed by atoms with Gasteiger partial charge in [0, 0.05) is 12.1 Å². The van der Waals surface area contributed by atoms with Gasteiger partial charge in [-0.2, -0.15) is 8.78 Å². The first-order valence-electron chi connectivity index (χ1n) is 4.39. The molecule has 10 heteroatoms. The van der Waals surface area contributed by atoms with Crippen molar-refractivity contribution in [2.75, 3.05) is 0 Å². The summed E-state index contributed by atoms with van der Waals surface area (Å²) in [4.78, 5) is 9.08. The Morgan fingerprint density at radius 3 is 2.39 bits per heavy atom. The number of nitro groups is 1. The summed E-state index contributed by atoms with van der Waals surface area (Å²) in [7, 11) is -4.26. The molecule has 2 N–H and O–H groups in total. The van der Waals surface area contributed by atoms with Crippen LogP contribution in [0, 0.1) is 17.0 Å². The highest BCUT2D eigenvalue weighted by Crippen LogP contribution is 2.32. The predicted octanol–water partition coefficient (Wildman–Crippen LogP) is 1.15. The Kier molecular flexibility index (Phi) is 3.82. The number of nitro benzene ring substituents is 1. The molecule has 0 aromatic heterocycles. The molecule has 0 saturated heterocycles. The van der Waals surface area contributed by atoms with Crippen molar-refractivity contribution < 1.29 is 26.9 Å². The molecule has 0 amide bonds. The molecule has 0 saturated carbocycles. The van der Waals surface area contributed by atoms with Gasteiger partial charge in [0.2, 0.25) is 10.0 Å². The van der Waals surface area contributed by atoms with Gasteiger partial charge in [0.15, 0.2) is 0 Å². The Labute approximate surface area is 100 Å². The zero-order valence-corrected chi connectivity index (χ0v) is 9.78. The molecule has 100 valence electrons. The van der Waals surface area contributed by atoms with Crippen LogP contribution in [-0.4, -0.2) is 20.0 Å². The van der Waals surface area contributed by atoms with Crippen molar-refractivity contribution in [2.45, 2.75) is 18.4 Å². The molecule has 1 aromatic carbocycles. The molecule has 0 heterocycles. The number of sulfonamides is 1. The molecule has 0 aliphatic carbocycles. The minimum absolute atomic E-state index is 0.215. The van der Waals surface area contributed by atoms with Crippen molar-refractivity contribution >= 4 is 15.7 Å². The Balaban J connectivity index is 3.52. The molecule has 0 aliphatic rings. The summed E-state index contributed by atoms with van der Waals surface area (Å²) in [5, 5.41) is 15.4. The summed E-state index contributed by atoms with van der Waals surface area (Å²) < 4.78 is 50.3. The summed E-state index contributed by atoms with van der Waals surface area (Å²) in [6, 6.07) is 1.40. The van der Waals surface area contributed by atoms with Gasteiger partial charge in [0.25, 0.3) is 5.69 Å². The molecule has 0 spiro atoms. The van der Waals surface area contributed by atoms with E-state index in [1.54, 1.807) is 0 Å². The maximum Gasteiger partial charge on any atom is 0.387 e. The molecule has 0 atom stereocenters. The quantitative estimate of drug-likeness (QED) is 0.657. The van der Waals surface area contributed by atoms with Gasteiger partial charge in [-0.1, -0.05) is 0 Å². The maximum atomic E-state index is 12.1. The summed E-state index contributed by atoms with van der Waals surface area (Å²) in [6.45, 7) is -2.08. The second kappa shape index (κ2) is 4.82. The summed E-state index contributed by atoms with van der Waals surface area (Å²) >= 11 is 0. The molecule has 0 aliphatic heterocycles. The van der Waals surface area contributed by atoms with E-state index in [4.69, 9.17) is 5.14 Å². The lowest BCUT2D eigenvalue weighted by Crippen LogP contribution is -2.14. The third-order valence-corrected chi connectivity index (χ3v) is 2.94. The Hall–Kier alpha value is -1.81. The van der Waals surface area contributed by atoms with Gasteiger partial charge in [-0.3, -0.25) is 10.1 Å². The van der Waals surface area contributed by atoms with Crippen LogP contribution >= 0.6 is 0 Å². The second-order valence-corrected chi connectivity index (χ2v) is 4.81. The highest BCUT2D eigenvalue weighted by Gasteiger charge is 2.23. The van der Waals surface area contributed by atoms with Crippen LogP contribution in [0.2, 0.25) is 0 Å². The molecule has 7 nitrogen and oxygen atoms in total. The van der Waals surface area contributed by atoms with Crippen molar-refractivity contribution in [3.8, 4) is 5.75 Å². The third kappa shape index (κ3) is 3.11. The first-order valence-corrected chi connectivity index (χ1v) is 5.94. The Morgan fingerprint density at radius 2 is 2.00 bits per heavy atom. The van der Waals surface area contributed by atoms with E-state index in [1.165, 1.54) is 0 Å². The molecule has 0 fully saturated rings. The van der Waals surface area contributed by atoms with Crippen molar-refractivity contribution in [3.63, 3.8) is 0 Å². The number of nitrogens with two attached hydrogens (primary N) is 1. The van der Waals surface area contributed by atoms with Crippen LogP contribution in [0.25, 0.3) is 0 Å². The lowest BCUT2D eigenvalue weighted by molar-refractivity contribution is -0.385. The standard InChI is InChI=1S/C8H8F2N2O5S/c1-4-6(12(13)14)2-5(18(11,15)16)3-7(4)17-8(9)10/h2-3,8H,1H3,(H2,11,15,16). The molecule has 0 radical (unpaired) electrons. The number of alkyl halides is 2. The monoisotopic (exact) mass is 282 g/mol. The van der Waals surface area contributed by atoms with Gasteiger partial charge in [0.05, 0.1) is 15.4 Å². The number of ether oxygens (including phenoxy) is 1. The van der Waals surface area contributed by atoms with E-state index in [-0.39, 0.29) is 5.56 Å². The van der Waals surface area contributed by atoms with Crippen LogP contribution in [0.15, 0.2) is 17.0 Å². The molecular formula is C8H8F2N2O5S. The van der Waals surface area contributed by atoms with E-state index in [9.17, 15) is 27.3 Å². The van der Waals surface area contributed by atoms with E-state index in [0.29, 0.717) is 12.1 Å². The first-order chi connectivity index (χ1) is 8.12. The van der Waals surface area contributed by atoms with E-state index in [0.717, 1.165) is 6.92 Å². The van der Waals surface area contributed by atoms with Crippen molar-refractivity contribution in [2.24, 2.45) is 5.14 Å². The fourth-order valence-corrected chi connectivity index (χ4v) is 1.77. The Morgan fingerprint density at radius 1 is 1.44 bits per heavy atom. The normalized spacial score (nSPS) is 11.6. The van der Waals surface area contributed by atoms with Gasteiger partial charge in [-0.05, 0) is 6.92 Å². The maximum absolute atomic E-state index is 12.1. The molecule has 0 unspecified atom stereocenters. The number of primary sulfonamides is 1. The van der Waals surface area contributed by atoms with Crippen LogP contribution in [0.5, 0.6) is 5.75 Å². The summed E-state index contributed by atoms with van der Waals surface area (Å²) in [6.07, 6.45) is 0. The highest BCUT2D eigenvalue weighted by atomic mass is 32.2. The van der Waals surface area contributed by atoms with Crippen LogP contribution in [0.1, 0.15) is 5.56 Å². The van der Waals surface area contributed by atoms with Crippen LogP contribution < -0.4 is 9.88 Å². The van der Waals surface area contributed by atoms with Crippen molar-refractivity contribution in [1.82, 2.24) is 0 Å². The smallest absolute Gasteiger partial charge is 0.387 e. The van der Waals surface area contributed by atoms with Crippen LogP contribution in [-0.2, 0) is 10.0 Å². The number of rotatable bonds is 4. The van der Waals surface area contributed by atoms with Gasteiger partial charge < -0.3 is 4.74 Å². The third-order valence-electron chi connectivity index (χ3n) is 2.05. The second-order valence-electron chi connectivity index (χ2n) is 3.25. The zero-order chi connectivity index (χ0) is 14.1. The van der Waals surface area contributed by atoms with Crippen LogP contribution in [0.3, 0.4) is 0 Å². The average Bonchev–Trinajstić information content (AvgIpc) is 2.18. The molecule has 1 aromatic rings. The van der Waals surface area contributed by atoms with Crippen LogP contribution in [0.4, 0.5) is 14.5 Å². The number of hydrogen-bond acceptors (Lipinski definition) is 5. The number of benzene rings is 1. The van der Waals surface area contributed by atoms with Gasteiger partial charge in [0.1, 0.15) is 5.75 Å². The fraction of sp³-hybridized carbons (Fsp3) is 0.250.